The zero-order chi connectivity index (χ0) is 11.5. The van der Waals surface area contributed by atoms with E-state index in [1.165, 1.54) is 0 Å². The third kappa shape index (κ3) is 3.44. The van der Waals surface area contributed by atoms with Crippen LogP contribution in [0, 0.1) is 10.8 Å². The minimum Gasteiger partial charge on any atom is -0.392 e. The molecule has 1 aliphatic rings. The minimum atomic E-state index is -0.345. The number of aliphatic hydroxyl groups excluding tert-OH is 1. The molecule has 2 atom stereocenters. The van der Waals surface area contributed by atoms with Crippen LogP contribution in [-0.2, 0) is 4.74 Å². The third-order valence-corrected chi connectivity index (χ3v) is 3.27. The van der Waals surface area contributed by atoms with E-state index in [-0.39, 0.29) is 16.9 Å². The Labute approximate surface area is 93.0 Å². The van der Waals surface area contributed by atoms with E-state index in [1.54, 1.807) is 0 Å². The summed E-state index contributed by atoms with van der Waals surface area (Å²) in [5.74, 6) is 0. The van der Waals surface area contributed by atoms with Crippen molar-refractivity contribution in [3.8, 4) is 0 Å². The average Bonchev–Trinajstić information content (AvgIpc) is 2.16. The molecule has 0 aromatic carbocycles. The van der Waals surface area contributed by atoms with Crippen molar-refractivity contribution in [2.45, 2.75) is 46.1 Å². The van der Waals surface area contributed by atoms with Crippen LogP contribution in [0.1, 0.15) is 40.0 Å². The smallest absolute Gasteiger partial charge is 0.0635 e. The Morgan fingerprint density at radius 3 is 2.53 bits per heavy atom. The van der Waals surface area contributed by atoms with Gasteiger partial charge in [0.2, 0.25) is 0 Å². The van der Waals surface area contributed by atoms with Gasteiger partial charge in [-0.2, -0.15) is 0 Å². The van der Waals surface area contributed by atoms with Gasteiger partial charge in [-0.1, -0.05) is 20.8 Å². The summed E-state index contributed by atoms with van der Waals surface area (Å²) in [4.78, 5) is 0. The number of aliphatic hydroxyl groups is 1. The maximum atomic E-state index is 10.3. The highest BCUT2D eigenvalue weighted by atomic mass is 16.5. The molecule has 1 fully saturated rings. The first-order valence-electron chi connectivity index (χ1n) is 5.85. The van der Waals surface area contributed by atoms with Gasteiger partial charge in [-0.3, -0.25) is 0 Å². The number of hydrogen-bond donors (Lipinski definition) is 2. The summed E-state index contributed by atoms with van der Waals surface area (Å²) in [6, 6.07) is 0. The fourth-order valence-electron chi connectivity index (χ4n) is 2.23. The Kier molecular flexibility index (Phi) is 4.15. The summed E-state index contributed by atoms with van der Waals surface area (Å²) < 4.78 is 5.47. The summed E-state index contributed by atoms with van der Waals surface area (Å²) in [5, 5.41) is 10.3. The monoisotopic (exact) mass is 215 g/mol. The highest BCUT2D eigenvalue weighted by Gasteiger charge is 2.40. The van der Waals surface area contributed by atoms with E-state index in [0.29, 0.717) is 13.2 Å². The molecule has 3 nitrogen and oxygen atoms in total. The van der Waals surface area contributed by atoms with Gasteiger partial charge >= 0.3 is 0 Å². The topological polar surface area (TPSA) is 55.5 Å². The normalized spacial score (nSPS) is 30.2. The molecule has 3 heteroatoms. The predicted molar refractivity (Wildman–Crippen MR) is 61.6 cm³/mol. The lowest BCUT2D eigenvalue weighted by atomic mass is 9.72. The van der Waals surface area contributed by atoms with Crippen LogP contribution in [0.3, 0.4) is 0 Å². The quantitative estimate of drug-likeness (QED) is 0.751. The SMILES string of the molecule is CC(C)(C)CC(O)C1(CN)CCCOC1. The number of ether oxygens (including phenoxy) is 1. The Bertz CT molecular complexity index is 192. The van der Waals surface area contributed by atoms with Gasteiger partial charge in [0, 0.05) is 18.6 Å². The average molecular weight is 215 g/mol. The third-order valence-electron chi connectivity index (χ3n) is 3.27. The first-order valence-corrected chi connectivity index (χ1v) is 5.85. The van der Waals surface area contributed by atoms with Gasteiger partial charge in [0.1, 0.15) is 0 Å². The molecule has 2 unspecified atom stereocenters. The molecular weight excluding hydrogens is 190 g/mol. The molecule has 1 rings (SSSR count). The Morgan fingerprint density at radius 2 is 2.13 bits per heavy atom. The Balaban J connectivity index is 2.63. The molecule has 1 saturated heterocycles. The van der Waals surface area contributed by atoms with E-state index in [1.807, 2.05) is 0 Å². The Morgan fingerprint density at radius 1 is 1.47 bits per heavy atom. The lowest BCUT2D eigenvalue weighted by Gasteiger charge is -2.42. The number of nitrogens with two attached hydrogens (primary N) is 1. The molecule has 0 bridgehead atoms. The number of rotatable bonds is 3. The predicted octanol–water partition coefficient (Wildman–Crippen LogP) is 1.54. The molecule has 0 aliphatic carbocycles. The van der Waals surface area contributed by atoms with Crippen molar-refractivity contribution in [1.82, 2.24) is 0 Å². The van der Waals surface area contributed by atoms with E-state index >= 15 is 0 Å². The van der Waals surface area contributed by atoms with E-state index in [2.05, 4.69) is 20.8 Å². The second-order valence-corrected chi connectivity index (χ2v) is 6.00. The molecule has 0 saturated carbocycles. The zero-order valence-electron chi connectivity index (χ0n) is 10.3. The minimum absolute atomic E-state index is 0.138. The van der Waals surface area contributed by atoms with E-state index in [0.717, 1.165) is 25.9 Å². The standard InChI is InChI=1S/C12H25NO2/c1-11(2,3)7-10(14)12(8-13)5-4-6-15-9-12/h10,14H,4-9,13H2,1-3H3. The van der Waals surface area contributed by atoms with Crippen molar-refractivity contribution in [1.29, 1.82) is 0 Å². The molecule has 0 amide bonds. The maximum absolute atomic E-state index is 10.3. The number of hydrogen-bond acceptors (Lipinski definition) is 3. The molecule has 3 N–H and O–H groups in total. The lowest BCUT2D eigenvalue weighted by Crippen LogP contribution is -2.49. The maximum Gasteiger partial charge on any atom is 0.0635 e. The first kappa shape index (κ1) is 12.9. The second-order valence-electron chi connectivity index (χ2n) is 6.00. The van der Waals surface area contributed by atoms with Crippen molar-refractivity contribution < 1.29 is 9.84 Å². The fraction of sp³-hybridized carbons (Fsp3) is 1.00. The second kappa shape index (κ2) is 4.81. The van der Waals surface area contributed by atoms with Crippen LogP contribution in [0.15, 0.2) is 0 Å². The highest BCUT2D eigenvalue weighted by Crippen LogP contribution is 2.36. The molecule has 0 radical (unpaired) electrons. The first-order chi connectivity index (χ1) is 6.90. The van der Waals surface area contributed by atoms with Gasteiger partial charge in [0.05, 0.1) is 12.7 Å². The molecule has 1 aliphatic heterocycles. The van der Waals surface area contributed by atoms with E-state index in [9.17, 15) is 5.11 Å². The molecule has 0 aromatic heterocycles. The van der Waals surface area contributed by atoms with Crippen molar-refractivity contribution in [2.24, 2.45) is 16.6 Å². The molecule has 0 aromatic rings. The van der Waals surface area contributed by atoms with Crippen LogP contribution in [0.4, 0.5) is 0 Å². The largest absolute Gasteiger partial charge is 0.392 e. The zero-order valence-corrected chi connectivity index (χ0v) is 10.3. The Hall–Kier alpha value is -0.120. The van der Waals surface area contributed by atoms with Gasteiger partial charge in [-0.15, -0.1) is 0 Å². The van der Waals surface area contributed by atoms with Crippen LogP contribution < -0.4 is 5.73 Å². The van der Waals surface area contributed by atoms with Crippen molar-refractivity contribution in [2.75, 3.05) is 19.8 Å². The van der Waals surface area contributed by atoms with Gasteiger partial charge in [0.25, 0.3) is 0 Å². The van der Waals surface area contributed by atoms with Crippen molar-refractivity contribution >= 4 is 0 Å². The van der Waals surface area contributed by atoms with Crippen molar-refractivity contribution in [3.63, 3.8) is 0 Å². The molecular formula is C12H25NO2. The van der Waals surface area contributed by atoms with Crippen molar-refractivity contribution in [3.05, 3.63) is 0 Å². The summed E-state index contributed by atoms with van der Waals surface area (Å²) in [7, 11) is 0. The molecule has 1 heterocycles. The molecule has 90 valence electrons. The van der Waals surface area contributed by atoms with Gasteiger partial charge < -0.3 is 15.6 Å². The van der Waals surface area contributed by atoms with E-state index in [4.69, 9.17) is 10.5 Å². The van der Waals surface area contributed by atoms with E-state index < -0.39 is 0 Å². The van der Waals surface area contributed by atoms with Gasteiger partial charge in [-0.25, -0.2) is 0 Å². The summed E-state index contributed by atoms with van der Waals surface area (Å²) >= 11 is 0. The molecule has 15 heavy (non-hydrogen) atoms. The van der Waals surface area contributed by atoms with Crippen LogP contribution in [0.25, 0.3) is 0 Å². The fourth-order valence-corrected chi connectivity index (χ4v) is 2.23. The van der Waals surface area contributed by atoms with Crippen LogP contribution in [-0.4, -0.2) is 31.0 Å². The summed E-state index contributed by atoms with van der Waals surface area (Å²) in [5.41, 5.74) is 5.75. The summed E-state index contributed by atoms with van der Waals surface area (Å²) in [6.45, 7) is 8.37. The summed E-state index contributed by atoms with van der Waals surface area (Å²) in [6.07, 6.45) is 2.44. The van der Waals surface area contributed by atoms with Gasteiger partial charge in [0.15, 0.2) is 0 Å². The van der Waals surface area contributed by atoms with Crippen LogP contribution >= 0.6 is 0 Å². The highest BCUT2D eigenvalue weighted by molar-refractivity contribution is 4.91. The molecule has 0 spiro atoms. The van der Waals surface area contributed by atoms with Gasteiger partial charge in [-0.05, 0) is 24.7 Å². The lowest BCUT2D eigenvalue weighted by molar-refractivity contribution is -0.0878. The van der Waals surface area contributed by atoms with Crippen LogP contribution in [0.2, 0.25) is 0 Å². The van der Waals surface area contributed by atoms with Crippen LogP contribution in [0.5, 0.6) is 0 Å².